The molecule has 5 heteroatoms. The Morgan fingerprint density at radius 3 is 1.42 bits per heavy atom. The zero-order valence-corrected chi connectivity index (χ0v) is 33.8. The van der Waals surface area contributed by atoms with Gasteiger partial charge in [0.2, 0.25) is 0 Å². The number of anilines is 3. The lowest BCUT2D eigenvalue weighted by atomic mass is 9.99. The van der Waals surface area contributed by atoms with Gasteiger partial charge in [-0.05, 0) is 94.5 Å². The van der Waals surface area contributed by atoms with Gasteiger partial charge in [-0.25, -0.2) is 0 Å². The fourth-order valence-corrected chi connectivity index (χ4v) is 9.20. The Morgan fingerprint density at radius 1 is 0.387 bits per heavy atom. The van der Waals surface area contributed by atoms with E-state index < -0.39 is 0 Å². The summed E-state index contributed by atoms with van der Waals surface area (Å²) in [5, 5.41) is 4.76. The molecule has 0 N–H and O–H groups in total. The van der Waals surface area contributed by atoms with Crippen molar-refractivity contribution < 1.29 is 13.9 Å². The number of aromatic nitrogens is 1. The molecule has 0 atom stereocenters. The van der Waals surface area contributed by atoms with Crippen LogP contribution in [0.1, 0.15) is 11.9 Å². The van der Waals surface area contributed by atoms with E-state index in [0.717, 1.165) is 78.1 Å². The van der Waals surface area contributed by atoms with Crippen LogP contribution in [0.2, 0.25) is 0 Å². The van der Waals surface area contributed by atoms with Gasteiger partial charge in [-0.3, -0.25) is 0 Å². The Morgan fingerprint density at radius 2 is 0.839 bits per heavy atom. The maximum Gasteiger partial charge on any atom is 0.184 e. The molecule has 3 heterocycles. The van der Waals surface area contributed by atoms with Gasteiger partial charge in [0.15, 0.2) is 6.29 Å². The van der Waals surface area contributed by atoms with E-state index >= 15 is 0 Å². The first kappa shape index (κ1) is 36.2. The molecule has 1 aliphatic heterocycles. The molecule has 0 saturated carbocycles. The smallest absolute Gasteiger partial charge is 0.184 e. The van der Waals surface area contributed by atoms with E-state index in [1.54, 1.807) is 0 Å². The second-order valence-corrected chi connectivity index (χ2v) is 15.9. The Balaban J connectivity index is 0.894. The molecule has 0 amide bonds. The summed E-state index contributed by atoms with van der Waals surface area (Å²) < 4.78 is 20.2. The highest BCUT2D eigenvalue weighted by molar-refractivity contribution is 6.10. The first-order valence-electron chi connectivity index (χ1n) is 21.2. The number of benzene rings is 9. The number of furan rings is 1. The summed E-state index contributed by atoms with van der Waals surface area (Å²) in [6.07, 6.45) is -0.265. The van der Waals surface area contributed by atoms with E-state index in [-0.39, 0.29) is 6.29 Å². The minimum absolute atomic E-state index is 0.265. The van der Waals surface area contributed by atoms with E-state index in [2.05, 4.69) is 210 Å². The molecule has 1 saturated heterocycles. The van der Waals surface area contributed by atoms with Crippen molar-refractivity contribution in [1.82, 2.24) is 4.57 Å². The number of ether oxygens (including phenoxy) is 2. The van der Waals surface area contributed by atoms with Gasteiger partial charge in [0.05, 0.1) is 24.2 Å². The maximum atomic E-state index is 6.43. The van der Waals surface area contributed by atoms with Crippen LogP contribution in [0.25, 0.3) is 82.8 Å². The van der Waals surface area contributed by atoms with Crippen molar-refractivity contribution in [3.8, 4) is 39.1 Å². The highest BCUT2D eigenvalue weighted by Gasteiger charge is 2.19. The molecule has 296 valence electrons. The third-order valence-corrected chi connectivity index (χ3v) is 12.3. The van der Waals surface area contributed by atoms with Crippen molar-refractivity contribution >= 4 is 60.8 Å². The molecule has 5 nitrogen and oxygen atoms in total. The van der Waals surface area contributed by atoms with E-state index in [9.17, 15) is 0 Å². The molecule has 2 aromatic heterocycles. The molecule has 9 aromatic carbocycles. The lowest BCUT2D eigenvalue weighted by molar-refractivity contribution is -0.0441. The summed E-state index contributed by atoms with van der Waals surface area (Å²) >= 11 is 0. The van der Waals surface area contributed by atoms with E-state index in [1.807, 2.05) is 12.1 Å². The maximum absolute atomic E-state index is 6.43. The molecule has 11 aromatic rings. The molecule has 12 rings (SSSR count). The standard InChI is InChI=1S/C57H40N2O3/c1-4-13-53-49(8-1)50-9-2-5-14-54(50)59(53)47-34-32-46(33-35-47)58(45-30-26-42(27-31-45)48-11-7-12-52-51-10-3-6-15-55(51)62-56(48)52)44-28-24-41(25-29-44)39-18-16-38(17-19-39)40-20-22-43(23-21-40)57-60-36-37-61-57/h1-35,57H,36-37H2. The van der Waals surface area contributed by atoms with Crippen LogP contribution in [-0.4, -0.2) is 17.8 Å². The SMILES string of the molecule is c1ccc2c(c1)oc1c(-c3ccc(N(c4ccc(-c5ccc(-c6ccc(C7OCCO7)cc6)cc5)cc4)c4ccc(-n5c6ccccc6c6ccccc65)cc4)cc3)cccc12. The first-order chi connectivity index (χ1) is 30.7. The summed E-state index contributed by atoms with van der Waals surface area (Å²) in [4.78, 5) is 2.33. The Bertz CT molecular complexity index is 3320. The van der Waals surface area contributed by atoms with E-state index in [0.29, 0.717) is 13.2 Å². The van der Waals surface area contributed by atoms with Gasteiger partial charge in [-0.15, -0.1) is 0 Å². The van der Waals surface area contributed by atoms with Crippen LogP contribution < -0.4 is 4.90 Å². The van der Waals surface area contributed by atoms with Crippen molar-refractivity contribution in [2.75, 3.05) is 18.1 Å². The summed E-state index contributed by atoms with van der Waals surface area (Å²) in [5.74, 6) is 0. The normalized spacial score (nSPS) is 13.2. The third kappa shape index (κ3) is 6.26. The summed E-state index contributed by atoms with van der Waals surface area (Å²) in [7, 11) is 0. The van der Waals surface area contributed by atoms with Gasteiger partial charge >= 0.3 is 0 Å². The highest BCUT2D eigenvalue weighted by Crippen LogP contribution is 2.41. The van der Waals surface area contributed by atoms with Gasteiger partial charge in [-0.1, -0.05) is 146 Å². The fourth-order valence-electron chi connectivity index (χ4n) is 9.20. The van der Waals surface area contributed by atoms with Crippen LogP contribution in [0.4, 0.5) is 17.1 Å². The highest BCUT2D eigenvalue weighted by atomic mass is 16.7. The number of nitrogens with zero attached hydrogens (tertiary/aromatic N) is 2. The number of para-hydroxylation sites is 4. The van der Waals surface area contributed by atoms with Gasteiger partial charge in [0.1, 0.15) is 11.2 Å². The molecule has 0 radical (unpaired) electrons. The molecule has 0 spiro atoms. The molecule has 0 unspecified atom stereocenters. The van der Waals surface area contributed by atoms with Crippen LogP contribution in [0.5, 0.6) is 0 Å². The van der Waals surface area contributed by atoms with Gasteiger partial charge < -0.3 is 23.4 Å². The monoisotopic (exact) mass is 800 g/mol. The second kappa shape index (κ2) is 15.1. The van der Waals surface area contributed by atoms with Gasteiger partial charge in [0, 0.05) is 55.4 Å². The molecular weight excluding hydrogens is 761 g/mol. The predicted octanol–water partition coefficient (Wildman–Crippen LogP) is 15.2. The average molecular weight is 801 g/mol. The van der Waals surface area contributed by atoms with Crippen molar-refractivity contribution in [2.24, 2.45) is 0 Å². The van der Waals surface area contributed by atoms with Crippen LogP contribution in [-0.2, 0) is 9.47 Å². The fraction of sp³-hybridized carbons (Fsp3) is 0.0526. The Kier molecular flexibility index (Phi) is 8.80. The summed E-state index contributed by atoms with van der Waals surface area (Å²) in [6.45, 7) is 1.28. The van der Waals surface area contributed by atoms with E-state index in [4.69, 9.17) is 13.9 Å². The summed E-state index contributed by atoms with van der Waals surface area (Å²) in [6, 6.07) is 75.9. The van der Waals surface area contributed by atoms with Crippen molar-refractivity contribution in [3.05, 3.63) is 218 Å². The lowest BCUT2D eigenvalue weighted by Crippen LogP contribution is -2.10. The number of hydrogen-bond donors (Lipinski definition) is 0. The third-order valence-electron chi connectivity index (χ3n) is 12.3. The molecule has 62 heavy (non-hydrogen) atoms. The second-order valence-electron chi connectivity index (χ2n) is 15.9. The number of hydrogen-bond acceptors (Lipinski definition) is 4. The van der Waals surface area contributed by atoms with Crippen molar-refractivity contribution in [3.63, 3.8) is 0 Å². The molecule has 1 aliphatic rings. The van der Waals surface area contributed by atoms with Crippen LogP contribution >= 0.6 is 0 Å². The predicted molar refractivity (Wildman–Crippen MR) is 254 cm³/mol. The van der Waals surface area contributed by atoms with Crippen molar-refractivity contribution in [2.45, 2.75) is 6.29 Å². The topological polar surface area (TPSA) is 39.8 Å². The zero-order valence-electron chi connectivity index (χ0n) is 33.8. The van der Waals surface area contributed by atoms with Crippen LogP contribution in [0.15, 0.2) is 217 Å². The molecular formula is C57H40N2O3. The number of fused-ring (bicyclic) bond motifs is 6. The van der Waals surface area contributed by atoms with Crippen molar-refractivity contribution in [1.29, 1.82) is 0 Å². The lowest BCUT2D eigenvalue weighted by Gasteiger charge is -2.26. The number of rotatable bonds is 8. The quantitative estimate of drug-likeness (QED) is 0.153. The van der Waals surface area contributed by atoms with Crippen LogP contribution in [0, 0.1) is 0 Å². The Labute approximate surface area is 359 Å². The average Bonchev–Trinajstić information content (AvgIpc) is 4.10. The minimum atomic E-state index is -0.265. The minimum Gasteiger partial charge on any atom is -0.455 e. The van der Waals surface area contributed by atoms with Gasteiger partial charge in [0.25, 0.3) is 0 Å². The van der Waals surface area contributed by atoms with E-state index in [1.165, 1.54) is 27.4 Å². The molecule has 1 fully saturated rings. The van der Waals surface area contributed by atoms with Crippen LogP contribution in [0.3, 0.4) is 0 Å². The Hall–Kier alpha value is -7.70. The molecule has 0 aliphatic carbocycles. The largest absolute Gasteiger partial charge is 0.455 e. The van der Waals surface area contributed by atoms with Gasteiger partial charge in [-0.2, -0.15) is 0 Å². The molecule has 0 bridgehead atoms. The first-order valence-corrected chi connectivity index (χ1v) is 21.2. The zero-order chi connectivity index (χ0) is 41.0. The summed E-state index contributed by atoms with van der Waals surface area (Å²) in [5.41, 5.74) is 16.4.